The molecule has 0 unspecified atom stereocenters. The number of aryl methyl sites for hydroxylation is 1. The fourth-order valence-electron chi connectivity index (χ4n) is 5.06. The Morgan fingerprint density at radius 2 is 1.98 bits per heavy atom. The molecule has 42 heavy (non-hydrogen) atoms. The van der Waals surface area contributed by atoms with Crippen LogP contribution in [0.4, 0.5) is 10.6 Å². The van der Waals surface area contributed by atoms with Crippen molar-refractivity contribution in [2.75, 3.05) is 25.1 Å². The van der Waals surface area contributed by atoms with Gasteiger partial charge >= 0.3 is 6.09 Å². The van der Waals surface area contributed by atoms with Crippen molar-refractivity contribution in [1.29, 1.82) is 0 Å². The molecule has 1 aliphatic heterocycles. The van der Waals surface area contributed by atoms with Crippen LogP contribution < -0.4 is 4.90 Å². The lowest BCUT2D eigenvalue weighted by molar-refractivity contribution is 0.0196. The van der Waals surface area contributed by atoms with Crippen molar-refractivity contribution < 1.29 is 19.1 Å². The van der Waals surface area contributed by atoms with Gasteiger partial charge in [0.25, 0.3) is 5.91 Å². The minimum absolute atomic E-state index is 0.267. The summed E-state index contributed by atoms with van der Waals surface area (Å²) < 4.78 is 10.8. The highest BCUT2D eigenvalue weighted by Gasteiger charge is 2.35. The van der Waals surface area contributed by atoms with Crippen molar-refractivity contribution >= 4 is 51.5 Å². The minimum Gasteiger partial charge on any atom is -0.444 e. The number of carbonyl (C=O) groups excluding carboxylic acids is 2. The van der Waals surface area contributed by atoms with Gasteiger partial charge in [0.2, 0.25) is 0 Å². The highest BCUT2D eigenvalue weighted by atomic mass is 35.5. The van der Waals surface area contributed by atoms with Crippen molar-refractivity contribution in [3.63, 3.8) is 0 Å². The normalized spacial score (nSPS) is 15.6. The van der Waals surface area contributed by atoms with E-state index < -0.39 is 11.7 Å². The zero-order valence-corrected chi connectivity index (χ0v) is 25.8. The Hall–Kier alpha value is -3.67. The van der Waals surface area contributed by atoms with Gasteiger partial charge in [-0.25, -0.2) is 9.78 Å². The van der Waals surface area contributed by atoms with Crippen molar-refractivity contribution in [2.45, 2.75) is 58.8 Å². The fraction of sp³-hybridized carbons (Fsp3) is 0.400. The number of anilines is 1. The number of nitrogens with zero attached hydrogens (tertiary/aromatic N) is 6. The number of piperidine rings is 1. The van der Waals surface area contributed by atoms with Gasteiger partial charge in [-0.2, -0.15) is 0 Å². The van der Waals surface area contributed by atoms with E-state index in [-0.39, 0.29) is 11.9 Å². The lowest BCUT2D eigenvalue weighted by Crippen LogP contribution is -2.53. The molecule has 1 atom stereocenters. The van der Waals surface area contributed by atoms with Gasteiger partial charge in [0, 0.05) is 43.0 Å². The first kappa shape index (κ1) is 29.8. The molecule has 0 spiro atoms. The summed E-state index contributed by atoms with van der Waals surface area (Å²) in [4.78, 5) is 40.0. The largest absolute Gasteiger partial charge is 0.444 e. The Bertz CT molecular complexity index is 1600. The van der Waals surface area contributed by atoms with Gasteiger partial charge in [-0.1, -0.05) is 22.9 Å². The van der Waals surface area contributed by atoms with Gasteiger partial charge in [0.15, 0.2) is 5.01 Å². The average Bonchev–Trinajstić information content (AvgIpc) is 3.41. The Labute approximate surface area is 253 Å². The van der Waals surface area contributed by atoms with Crippen LogP contribution in [-0.2, 0) is 16.1 Å². The van der Waals surface area contributed by atoms with E-state index in [4.69, 9.17) is 26.1 Å². The number of carbonyl (C=O) groups is 2. The van der Waals surface area contributed by atoms with Crippen LogP contribution in [0.1, 0.15) is 54.5 Å². The molecule has 2 amide bonds. The van der Waals surface area contributed by atoms with Gasteiger partial charge in [-0.05, 0) is 81.8 Å². The summed E-state index contributed by atoms with van der Waals surface area (Å²) in [6, 6.07) is 8.76. The van der Waals surface area contributed by atoms with E-state index in [1.54, 1.807) is 41.4 Å². The number of methoxy groups -OCH3 is 1. The zero-order chi connectivity index (χ0) is 30.0. The second kappa shape index (κ2) is 12.3. The molecule has 1 fully saturated rings. The predicted molar refractivity (Wildman–Crippen MR) is 163 cm³/mol. The number of pyridine rings is 2. The third-order valence-electron chi connectivity index (χ3n) is 6.83. The van der Waals surface area contributed by atoms with Gasteiger partial charge in [-0.3, -0.25) is 14.7 Å². The Kier molecular flexibility index (Phi) is 8.72. The Morgan fingerprint density at radius 1 is 1.17 bits per heavy atom. The Balaban J connectivity index is 1.53. The number of hydrogen-bond acceptors (Lipinski definition) is 9. The van der Waals surface area contributed by atoms with Crippen molar-refractivity contribution in [1.82, 2.24) is 25.1 Å². The summed E-state index contributed by atoms with van der Waals surface area (Å²) in [6.45, 7) is 8.70. The molecule has 3 aromatic heterocycles. The van der Waals surface area contributed by atoms with E-state index in [0.29, 0.717) is 59.6 Å². The maximum absolute atomic E-state index is 14.4. The van der Waals surface area contributed by atoms with Crippen LogP contribution in [0.3, 0.4) is 0 Å². The first-order valence-electron chi connectivity index (χ1n) is 13.7. The number of amides is 2. The topological polar surface area (TPSA) is 111 Å². The maximum atomic E-state index is 14.4. The molecule has 12 heteroatoms. The average molecular weight is 609 g/mol. The molecule has 1 aliphatic rings. The number of ether oxygens (including phenoxy) is 2. The van der Waals surface area contributed by atoms with Gasteiger partial charge in [-0.15, -0.1) is 10.2 Å². The summed E-state index contributed by atoms with van der Waals surface area (Å²) in [5.74, 6) is 0.247. The summed E-state index contributed by atoms with van der Waals surface area (Å²) in [7, 11) is 1.60. The monoisotopic (exact) mass is 608 g/mol. The summed E-state index contributed by atoms with van der Waals surface area (Å²) >= 11 is 7.76. The molecule has 0 N–H and O–H groups in total. The van der Waals surface area contributed by atoms with Crippen LogP contribution in [0.15, 0.2) is 42.7 Å². The third kappa shape index (κ3) is 6.53. The highest BCUT2D eigenvalue weighted by Crippen LogP contribution is 2.34. The summed E-state index contributed by atoms with van der Waals surface area (Å²) in [6.07, 6.45) is 4.22. The predicted octanol–water partition coefficient (Wildman–Crippen LogP) is 6.30. The molecule has 220 valence electrons. The maximum Gasteiger partial charge on any atom is 0.410 e. The standard InChI is InChI=1S/C30H33ClN6O4S/c1-18-13-21(31)14-19-10-11-32-26(25(18)19)37(22-7-6-12-36(16-22)29(39)41-30(2,3)4)28(38)20-8-9-23(33-15-20)27-35-34-24(42-27)17-40-5/h8-11,13-15,22H,6-7,12,16-17H2,1-5H3/t22-/m1/s1. The molecule has 0 aliphatic carbocycles. The number of hydrogen-bond donors (Lipinski definition) is 0. The molecule has 5 rings (SSSR count). The molecule has 0 radical (unpaired) electrons. The van der Waals surface area contributed by atoms with Crippen LogP contribution >= 0.6 is 22.9 Å². The van der Waals surface area contributed by atoms with Crippen molar-refractivity contribution in [3.05, 3.63) is 63.9 Å². The molecule has 4 heterocycles. The van der Waals surface area contributed by atoms with E-state index in [9.17, 15) is 9.59 Å². The molecule has 1 saturated heterocycles. The van der Waals surface area contributed by atoms with Crippen LogP contribution in [-0.4, -0.2) is 68.9 Å². The third-order valence-corrected chi connectivity index (χ3v) is 7.97. The molecule has 4 aromatic rings. The SMILES string of the molecule is COCc1nnc(-c2ccc(C(=O)N(c3nccc4cc(Cl)cc(C)c34)[C@@H]3CCCN(C(=O)OC(C)(C)C)C3)cn2)s1. The van der Waals surface area contributed by atoms with E-state index in [2.05, 4.69) is 15.2 Å². The number of benzene rings is 1. The van der Waals surface area contributed by atoms with E-state index in [1.165, 1.54) is 11.3 Å². The first-order chi connectivity index (χ1) is 20.0. The summed E-state index contributed by atoms with van der Waals surface area (Å²) in [5.41, 5.74) is 1.27. The lowest BCUT2D eigenvalue weighted by Gasteiger charge is -2.39. The van der Waals surface area contributed by atoms with E-state index in [1.807, 2.05) is 45.9 Å². The van der Waals surface area contributed by atoms with Crippen LogP contribution in [0, 0.1) is 6.92 Å². The molecule has 10 nitrogen and oxygen atoms in total. The van der Waals surface area contributed by atoms with Crippen molar-refractivity contribution in [3.8, 4) is 10.7 Å². The number of halogens is 1. The lowest BCUT2D eigenvalue weighted by atomic mass is 10.0. The zero-order valence-electron chi connectivity index (χ0n) is 24.3. The number of rotatable bonds is 6. The molecular weight excluding hydrogens is 576 g/mol. The second-order valence-corrected chi connectivity index (χ2v) is 12.7. The van der Waals surface area contributed by atoms with Crippen molar-refractivity contribution in [2.24, 2.45) is 0 Å². The summed E-state index contributed by atoms with van der Waals surface area (Å²) in [5, 5.41) is 12.0. The van der Waals surface area contributed by atoms with E-state index >= 15 is 0 Å². The highest BCUT2D eigenvalue weighted by molar-refractivity contribution is 7.14. The number of likely N-dealkylation sites (tertiary alicyclic amines) is 1. The van der Waals surface area contributed by atoms with Crippen LogP contribution in [0.25, 0.3) is 21.5 Å². The first-order valence-corrected chi connectivity index (χ1v) is 14.9. The molecule has 0 bridgehead atoms. The minimum atomic E-state index is -0.627. The van der Waals surface area contributed by atoms with Crippen LogP contribution in [0.5, 0.6) is 0 Å². The van der Waals surface area contributed by atoms with Gasteiger partial charge < -0.3 is 14.4 Å². The molecular formula is C30H33ClN6O4S. The smallest absolute Gasteiger partial charge is 0.410 e. The van der Waals surface area contributed by atoms with Gasteiger partial charge in [0.05, 0.1) is 18.2 Å². The molecule has 1 aromatic carbocycles. The van der Waals surface area contributed by atoms with Gasteiger partial charge in [0.1, 0.15) is 22.1 Å². The fourth-order valence-corrected chi connectivity index (χ4v) is 6.13. The molecule has 0 saturated carbocycles. The number of aromatic nitrogens is 4. The Morgan fingerprint density at radius 3 is 2.69 bits per heavy atom. The second-order valence-electron chi connectivity index (χ2n) is 11.2. The van der Waals surface area contributed by atoms with Crippen LogP contribution in [0.2, 0.25) is 5.02 Å². The van der Waals surface area contributed by atoms with E-state index in [0.717, 1.165) is 21.3 Å². The quantitative estimate of drug-likeness (QED) is 0.251. The number of fused-ring (bicyclic) bond motifs is 1.